The standard InChI is InChI=1S/C10H7FO2S/c11-10-7-2-1-6(4-12)3-8(7)14-9(10)5-13/h1-4,13H,5H2. The smallest absolute Gasteiger partial charge is 0.150 e. The Kier molecular flexibility index (Phi) is 2.31. The Labute approximate surface area is 83.6 Å². The fourth-order valence-electron chi connectivity index (χ4n) is 1.31. The maximum Gasteiger partial charge on any atom is 0.150 e. The lowest BCUT2D eigenvalue weighted by Gasteiger charge is -1.90. The van der Waals surface area contributed by atoms with Crippen molar-refractivity contribution in [3.63, 3.8) is 0 Å². The highest BCUT2D eigenvalue weighted by Gasteiger charge is 2.10. The van der Waals surface area contributed by atoms with Crippen LogP contribution in [0.5, 0.6) is 0 Å². The summed E-state index contributed by atoms with van der Waals surface area (Å²) >= 11 is 1.17. The van der Waals surface area contributed by atoms with E-state index in [1.54, 1.807) is 18.2 Å². The topological polar surface area (TPSA) is 37.3 Å². The zero-order valence-corrected chi connectivity index (χ0v) is 7.97. The molecule has 0 amide bonds. The minimum Gasteiger partial charge on any atom is -0.391 e. The van der Waals surface area contributed by atoms with Gasteiger partial charge in [-0.25, -0.2) is 4.39 Å². The van der Waals surface area contributed by atoms with Crippen LogP contribution < -0.4 is 0 Å². The molecule has 14 heavy (non-hydrogen) atoms. The van der Waals surface area contributed by atoms with Crippen molar-refractivity contribution < 1.29 is 14.3 Å². The Hall–Kier alpha value is -1.26. The van der Waals surface area contributed by atoms with Crippen molar-refractivity contribution in [2.24, 2.45) is 0 Å². The molecule has 1 heterocycles. The van der Waals surface area contributed by atoms with Crippen LogP contribution in [-0.4, -0.2) is 11.4 Å². The first-order chi connectivity index (χ1) is 6.76. The summed E-state index contributed by atoms with van der Waals surface area (Å²) in [6.07, 6.45) is 0.718. The predicted octanol–water partition coefficient (Wildman–Crippen LogP) is 2.35. The summed E-state index contributed by atoms with van der Waals surface area (Å²) < 4.78 is 14.1. The molecule has 0 saturated heterocycles. The molecule has 0 saturated carbocycles. The van der Waals surface area contributed by atoms with E-state index >= 15 is 0 Å². The molecule has 0 atom stereocenters. The highest BCUT2D eigenvalue weighted by molar-refractivity contribution is 7.19. The largest absolute Gasteiger partial charge is 0.391 e. The molecule has 0 bridgehead atoms. The molecule has 0 fully saturated rings. The summed E-state index contributed by atoms with van der Waals surface area (Å²) in [6.45, 7) is -0.304. The number of carbonyl (C=O) groups excluding carboxylic acids is 1. The second kappa shape index (κ2) is 3.48. The van der Waals surface area contributed by atoms with Crippen LogP contribution in [0.1, 0.15) is 15.2 Å². The SMILES string of the molecule is O=Cc1ccc2c(F)c(CO)sc2c1. The zero-order chi connectivity index (χ0) is 10.1. The average molecular weight is 210 g/mol. The van der Waals surface area contributed by atoms with E-state index in [-0.39, 0.29) is 12.4 Å². The third-order valence-electron chi connectivity index (χ3n) is 2.00. The maximum atomic E-state index is 13.4. The van der Waals surface area contributed by atoms with Gasteiger partial charge in [0.05, 0.1) is 11.5 Å². The van der Waals surface area contributed by atoms with Crippen molar-refractivity contribution in [3.05, 3.63) is 34.5 Å². The molecule has 2 nitrogen and oxygen atoms in total. The van der Waals surface area contributed by atoms with Crippen molar-refractivity contribution in [1.29, 1.82) is 0 Å². The molecule has 2 rings (SSSR count). The molecule has 0 radical (unpaired) electrons. The molecule has 1 aromatic carbocycles. The predicted molar refractivity (Wildman–Crippen MR) is 53.1 cm³/mol. The monoisotopic (exact) mass is 210 g/mol. The van der Waals surface area contributed by atoms with Crippen LogP contribution in [0.4, 0.5) is 4.39 Å². The van der Waals surface area contributed by atoms with Gasteiger partial charge in [0.1, 0.15) is 12.1 Å². The summed E-state index contributed by atoms with van der Waals surface area (Å²) in [4.78, 5) is 10.8. The Bertz CT molecular complexity index is 490. The number of thiophene rings is 1. The van der Waals surface area contributed by atoms with Crippen molar-refractivity contribution in [3.8, 4) is 0 Å². The van der Waals surface area contributed by atoms with E-state index in [9.17, 15) is 9.18 Å². The summed E-state index contributed by atoms with van der Waals surface area (Å²) in [5.41, 5.74) is 0.517. The first-order valence-corrected chi connectivity index (χ1v) is 4.85. The van der Waals surface area contributed by atoms with Gasteiger partial charge < -0.3 is 5.11 Å². The molecule has 2 aromatic rings. The van der Waals surface area contributed by atoms with Crippen LogP contribution in [0.25, 0.3) is 10.1 Å². The molecule has 1 N–H and O–H groups in total. The average Bonchev–Trinajstić information content (AvgIpc) is 2.55. The minimum atomic E-state index is -0.384. The third kappa shape index (κ3) is 1.32. The van der Waals surface area contributed by atoms with Crippen LogP contribution in [0.15, 0.2) is 18.2 Å². The highest BCUT2D eigenvalue weighted by Crippen LogP contribution is 2.30. The first-order valence-electron chi connectivity index (χ1n) is 4.03. The Morgan fingerprint density at radius 2 is 2.29 bits per heavy atom. The van der Waals surface area contributed by atoms with Crippen molar-refractivity contribution in [2.45, 2.75) is 6.61 Å². The van der Waals surface area contributed by atoms with Gasteiger partial charge in [-0.1, -0.05) is 6.07 Å². The zero-order valence-electron chi connectivity index (χ0n) is 7.16. The van der Waals surface area contributed by atoms with Gasteiger partial charge in [0, 0.05) is 15.6 Å². The van der Waals surface area contributed by atoms with Crippen molar-refractivity contribution >= 4 is 27.7 Å². The number of halogens is 1. The molecule has 0 aliphatic heterocycles. The number of hydrogen-bond acceptors (Lipinski definition) is 3. The number of aldehydes is 1. The second-order valence-electron chi connectivity index (χ2n) is 2.87. The van der Waals surface area contributed by atoms with Gasteiger partial charge >= 0.3 is 0 Å². The van der Waals surface area contributed by atoms with E-state index in [1.165, 1.54) is 11.3 Å². The fourth-order valence-corrected chi connectivity index (χ4v) is 2.30. The van der Waals surface area contributed by atoms with Crippen LogP contribution in [0.3, 0.4) is 0 Å². The number of aliphatic hydroxyl groups is 1. The number of benzene rings is 1. The van der Waals surface area contributed by atoms with Gasteiger partial charge in [-0.15, -0.1) is 11.3 Å². The Morgan fingerprint density at radius 3 is 2.93 bits per heavy atom. The fraction of sp³-hybridized carbons (Fsp3) is 0.100. The van der Waals surface area contributed by atoms with Crippen LogP contribution in [0, 0.1) is 5.82 Å². The lowest BCUT2D eigenvalue weighted by atomic mass is 10.2. The number of hydrogen-bond donors (Lipinski definition) is 1. The number of rotatable bonds is 2. The van der Waals surface area contributed by atoms with E-state index < -0.39 is 0 Å². The van der Waals surface area contributed by atoms with E-state index in [1.807, 2.05) is 0 Å². The molecular formula is C10H7FO2S. The lowest BCUT2D eigenvalue weighted by Crippen LogP contribution is -1.81. The number of carbonyl (C=O) groups is 1. The molecule has 0 aliphatic carbocycles. The number of aliphatic hydroxyl groups excluding tert-OH is 1. The maximum absolute atomic E-state index is 13.4. The van der Waals surface area contributed by atoms with Crippen LogP contribution in [0.2, 0.25) is 0 Å². The van der Waals surface area contributed by atoms with Crippen molar-refractivity contribution in [2.75, 3.05) is 0 Å². The van der Waals surface area contributed by atoms with Gasteiger partial charge in [0.15, 0.2) is 0 Å². The third-order valence-corrected chi connectivity index (χ3v) is 3.11. The molecule has 0 spiro atoms. The quantitative estimate of drug-likeness (QED) is 0.772. The van der Waals surface area contributed by atoms with E-state index in [2.05, 4.69) is 0 Å². The van der Waals surface area contributed by atoms with Gasteiger partial charge in [-0.05, 0) is 12.1 Å². The van der Waals surface area contributed by atoms with Crippen LogP contribution >= 0.6 is 11.3 Å². The highest BCUT2D eigenvalue weighted by atomic mass is 32.1. The Morgan fingerprint density at radius 1 is 1.50 bits per heavy atom. The number of fused-ring (bicyclic) bond motifs is 1. The molecule has 4 heteroatoms. The first kappa shape index (κ1) is 9.30. The molecular weight excluding hydrogens is 203 g/mol. The van der Waals surface area contributed by atoms with E-state index in [0.29, 0.717) is 20.5 Å². The van der Waals surface area contributed by atoms with Gasteiger partial charge in [0.2, 0.25) is 0 Å². The molecule has 72 valence electrons. The van der Waals surface area contributed by atoms with Gasteiger partial charge in [-0.2, -0.15) is 0 Å². The summed E-state index contributed by atoms with van der Waals surface area (Å²) in [6, 6.07) is 4.74. The summed E-state index contributed by atoms with van der Waals surface area (Å²) in [5.74, 6) is -0.384. The minimum absolute atomic E-state index is 0.304. The van der Waals surface area contributed by atoms with Gasteiger partial charge in [-0.3, -0.25) is 4.79 Å². The normalized spacial score (nSPS) is 10.7. The van der Waals surface area contributed by atoms with Crippen molar-refractivity contribution in [1.82, 2.24) is 0 Å². The Balaban J connectivity index is 2.72. The molecule has 0 aliphatic rings. The molecule has 0 unspecified atom stereocenters. The second-order valence-corrected chi connectivity index (χ2v) is 4.01. The van der Waals surface area contributed by atoms with E-state index in [0.717, 1.165) is 6.29 Å². The summed E-state index contributed by atoms with van der Waals surface area (Å²) in [7, 11) is 0. The van der Waals surface area contributed by atoms with Gasteiger partial charge in [0.25, 0.3) is 0 Å². The summed E-state index contributed by atoms with van der Waals surface area (Å²) in [5, 5.41) is 9.31. The van der Waals surface area contributed by atoms with Crippen LogP contribution in [-0.2, 0) is 6.61 Å². The molecule has 1 aromatic heterocycles. The lowest BCUT2D eigenvalue weighted by molar-refractivity contribution is 0.112. The van der Waals surface area contributed by atoms with E-state index in [4.69, 9.17) is 5.11 Å².